The van der Waals surface area contributed by atoms with Gasteiger partial charge in [-0.05, 0) is 18.8 Å². The van der Waals surface area contributed by atoms with E-state index in [4.69, 9.17) is 9.84 Å². The lowest BCUT2D eigenvalue weighted by Crippen LogP contribution is -2.26. The van der Waals surface area contributed by atoms with Crippen molar-refractivity contribution in [3.63, 3.8) is 0 Å². The third-order valence-corrected chi connectivity index (χ3v) is 2.46. The Labute approximate surface area is 92.8 Å². The molecule has 0 rings (SSSR count). The van der Waals surface area contributed by atoms with Gasteiger partial charge in [-0.2, -0.15) is 0 Å². The average Bonchev–Trinajstić information content (AvgIpc) is 2.17. The van der Waals surface area contributed by atoms with Crippen molar-refractivity contribution < 1.29 is 14.6 Å². The highest BCUT2D eigenvalue weighted by Crippen LogP contribution is 2.10. The van der Waals surface area contributed by atoms with Gasteiger partial charge >= 0.3 is 5.97 Å². The van der Waals surface area contributed by atoms with E-state index in [0.29, 0.717) is 18.9 Å². The minimum absolute atomic E-state index is 0.457. The van der Waals surface area contributed by atoms with Crippen molar-refractivity contribution in [1.29, 1.82) is 0 Å². The number of carbonyl (C=O) groups is 1. The summed E-state index contributed by atoms with van der Waals surface area (Å²) in [6.45, 7) is 6.84. The van der Waals surface area contributed by atoms with Crippen LogP contribution in [0.25, 0.3) is 0 Å². The smallest absolute Gasteiger partial charge is 0.332 e. The number of rotatable bonds is 9. The summed E-state index contributed by atoms with van der Waals surface area (Å²) in [5.41, 5.74) is 0. The summed E-state index contributed by atoms with van der Waals surface area (Å²) in [5, 5.41) is 8.92. The maximum Gasteiger partial charge on any atom is 0.332 e. The molecule has 3 nitrogen and oxygen atoms in total. The van der Waals surface area contributed by atoms with Crippen molar-refractivity contribution in [1.82, 2.24) is 0 Å². The first-order valence-corrected chi connectivity index (χ1v) is 5.96. The molecular weight excluding hydrogens is 192 g/mol. The van der Waals surface area contributed by atoms with E-state index >= 15 is 0 Å². The van der Waals surface area contributed by atoms with E-state index in [1.807, 2.05) is 0 Å². The Bertz CT molecular complexity index is 168. The van der Waals surface area contributed by atoms with Crippen molar-refractivity contribution in [3.05, 3.63) is 0 Å². The van der Waals surface area contributed by atoms with Gasteiger partial charge in [-0.1, -0.05) is 40.0 Å². The summed E-state index contributed by atoms with van der Waals surface area (Å²) in [5.74, 6) is -0.370. The monoisotopic (exact) mass is 216 g/mol. The van der Waals surface area contributed by atoms with Crippen LogP contribution in [0.5, 0.6) is 0 Å². The second-order valence-electron chi connectivity index (χ2n) is 4.20. The van der Waals surface area contributed by atoms with E-state index in [9.17, 15) is 4.79 Å². The molecule has 2 atom stereocenters. The molecule has 0 saturated carbocycles. The molecule has 0 aromatic carbocycles. The summed E-state index contributed by atoms with van der Waals surface area (Å²) in [7, 11) is 0. The highest BCUT2D eigenvalue weighted by molar-refractivity contribution is 5.72. The van der Waals surface area contributed by atoms with E-state index in [1.165, 1.54) is 0 Å². The van der Waals surface area contributed by atoms with Crippen LogP contribution in [-0.2, 0) is 9.53 Å². The molecule has 0 aliphatic rings. The summed E-state index contributed by atoms with van der Waals surface area (Å²) >= 11 is 0. The van der Waals surface area contributed by atoms with Gasteiger partial charge in [-0.15, -0.1) is 0 Å². The Morgan fingerprint density at radius 1 is 1.27 bits per heavy atom. The second kappa shape index (κ2) is 8.72. The lowest BCUT2D eigenvalue weighted by Gasteiger charge is -2.16. The fraction of sp³-hybridized carbons (Fsp3) is 0.917. The van der Waals surface area contributed by atoms with E-state index in [-0.39, 0.29) is 0 Å². The number of hydrogen-bond acceptors (Lipinski definition) is 2. The van der Waals surface area contributed by atoms with E-state index in [0.717, 1.165) is 25.7 Å². The molecule has 3 heteroatoms. The number of unbranched alkanes of at least 4 members (excludes halogenated alkanes) is 1. The molecule has 0 heterocycles. The molecule has 1 N–H and O–H groups in total. The zero-order valence-corrected chi connectivity index (χ0v) is 10.2. The van der Waals surface area contributed by atoms with Crippen LogP contribution in [0, 0.1) is 5.92 Å². The molecule has 0 aliphatic carbocycles. The topological polar surface area (TPSA) is 46.5 Å². The van der Waals surface area contributed by atoms with Gasteiger partial charge in [0.25, 0.3) is 0 Å². The van der Waals surface area contributed by atoms with E-state index < -0.39 is 12.1 Å². The molecule has 0 spiro atoms. The van der Waals surface area contributed by atoms with E-state index in [1.54, 1.807) is 0 Å². The van der Waals surface area contributed by atoms with Gasteiger partial charge in [-0.25, -0.2) is 4.79 Å². The standard InChI is InChI=1S/C12H24O3/c1-4-6-8-11(12(13)14)15-9-10(3)7-5-2/h10-11H,4-9H2,1-3H3,(H,13,14). The van der Waals surface area contributed by atoms with Crippen LogP contribution in [0.15, 0.2) is 0 Å². The molecule has 90 valence electrons. The van der Waals surface area contributed by atoms with Crippen molar-refractivity contribution in [3.8, 4) is 0 Å². The minimum Gasteiger partial charge on any atom is -0.479 e. The summed E-state index contributed by atoms with van der Waals surface area (Å²) in [6, 6.07) is 0. The molecule has 0 fully saturated rings. The molecule has 0 saturated heterocycles. The first kappa shape index (κ1) is 14.4. The fourth-order valence-corrected chi connectivity index (χ4v) is 1.52. The number of carboxylic acid groups (broad SMARTS) is 1. The zero-order valence-electron chi connectivity index (χ0n) is 10.2. The Balaban J connectivity index is 3.79. The molecule has 0 aromatic heterocycles. The first-order chi connectivity index (χ1) is 7.11. The highest BCUT2D eigenvalue weighted by atomic mass is 16.5. The van der Waals surface area contributed by atoms with Gasteiger partial charge in [0.05, 0.1) is 6.61 Å². The van der Waals surface area contributed by atoms with Crippen molar-refractivity contribution >= 4 is 5.97 Å². The zero-order chi connectivity index (χ0) is 11.7. The van der Waals surface area contributed by atoms with E-state index in [2.05, 4.69) is 20.8 Å². The molecule has 0 aromatic rings. The molecular formula is C12H24O3. The lowest BCUT2D eigenvalue weighted by molar-refractivity contribution is -0.151. The maximum absolute atomic E-state index is 10.9. The molecule has 2 unspecified atom stereocenters. The van der Waals surface area contributed by atoms with Gasteiger partial charge in [-0.3, -0.25) is 0 Å². The molecule has 0 bridgehead atoms. The number of hydrogen-bond donors (Lipinski definition) is 1. The Hall–Kier alpha value is -0.570. The summed E-state index contributed by atoms with van der Waals surface area (Å²) in [6.07, 6.45) is 4.17. The second-order valence-corrected chi connectivity index (χ2v) is 4.20. The van der Waals surface area contributed by atoms with Gasteiger partial charge in [0.1, 0.15) is 0 Å². The molecule has 0 aliphatic heterocycles. The maximum atomic E-state index is 10.9. The summed E-state index contributed by atoms with van der Waals surface area (Å²) < 4.78 is 5.42. The SMILES string of the molecule is CCCCC(OCC(C)CCC)C(=O)O. The quantitative estimate of drug-likeness (QED) is 0.644. The van der Waals surface area contributed by atoms with Crippen molar-refractivity contribution in [2.75, 3.05) is 6.61 Å². The average molecular weight is 216 g/mol. The normalized spacial score (nSPS) is 14.9. The minimum atomic E-state index is -0.827. The molecule has 15 heavy (non-hydrogen) atoms. The number of ether oxygens (including phenoxy) is 1. The van der Waals surface area contributed by atoms with Crippen molar-refractivity contribution in [2.45, 2.75) is 59.0 Å². The van der Waals surface area contributed by atoms with Gasteiger partial charge in [0, 0.05) is 0 Å². The van der Waals surface area contributed by atoms with Crippen LogP contribution < -0.4 is 0 Å². The number of aliphatic carboxylic acids is 1. The Morgan fingerprint density at radius 2 is 1.93 bits per heavy atom. The van der Waals surface area contributed by atoms with Crippen LogP contribution in [-0.4, -0.2) is 23.8 Å². The Kier molecular flexibility index (Phi) is 8.38. The van der Waals surface area contributed by atoms with Gasteiger partial charge < -0.3 is 9.84 Å². The van der Waals surface area contributed by atoms with Crippen LogP contribution in [0.4, 0.5) is 0 Å². The summed E-state index contributed by atoms with van der Waals surface area (Å²) in [4.78, 5) is 10.9. The predicted octanol–water partition coefficient (Wildman–Crippen LogP) is 3.08. The van der Waals surface area contributed by atoms with Gasteiger partial charge in [0.15, 0.2) is 6.10 Å². The van der Waals surface area contributed by atoms with Gasteiger partial charge in [0.2, 0.25) is 0 Å². The first-order valence-electron chi connectivity index (χ1n) is 5.96. The highest BCUT2D eigenvalue weighted by Gasteiger charge is 2.17. The predicted molar refractivity (Wildman–Crippen MR) is 61.0 cm³/mol. The largest absolute Gasteiger partial charge is 0.479 e. The van der Waals surface area contributed by atoms with Crippen LogP contribution >= 0.6 is 0 Å². The molecule has 0 amide bonds. The lowest BCUT2D eigenvalue weighted by atomic mass is 10.1. The fourth-order valence-electron chi connectivity index (χ4n) is 1.52. The third kappa shape index (κ3) is 7.37. The Morgan fingerprint density at radius 3 is 2.40 bits per heavy atom. The van der Waals surface area contributed by atoms with Crippen LogP contribution in [0.3, 0.4) is 0 Å². The molecule has 0 radical (unpaired) electrons. The van der Waals surface area contributed by atoms with Crippen LogP contribution in [0.2, 0.25) is 0 Å². The third-order valence-electron chi connectivity index (χ3n) is 2.46. The van der Waals surface area contributed by atoms with Crippen molar-refractivity contribution in [2.24, 2.45) is 5.92 Å². The number of carboxylic acids is 1. The van der Waals surface area contributed by atoms with Crippen LogP contribution in [0.1, 0.15) is 52.9 Å².